The van der Waals surface area contributed by atoms with Crippen molar-refractivity contribution in [3.8, 4) is 12.3 Å². The molecule has 4 unspecified atom stereocenters. The standard InChI is InChI=1S/C33H51N3O6/c1-11-23(6)28(35-32(40)42-33(8,9)10)31(39)36(24(7)19-18-22(4)5)29(26-17-15-14-16-25(26)12-2)30(38)34-21-20-27(37)41-13-3/h2,14-17,22-24,28-29H,11,13,18-21H2,1,3-10H3,(H,34,38)(H,35,40). The van der Waals surface area contributed by atoms with Crippen molar-refractivity contribution in [2.24, 2.45) is 11.8 Å². The Kier molecular flexibility index (Phi) is 15.1. The Morgan fingerprint density at radius 3 is 2.21 bits per heavy atom. The number of carbonyl (C=O) groups excluding carboxylic acids is 4. The Balaban J connectivity index is 3.69. The van der Waals surface area contributed by atoms with Gasteiger partial charge in [0.25, 0.3) is 0 Å². The molecule has 0 fully saturated rings. The number of carbonyl (C=O) groups is 4. The highest BCUT2D eigenvalue weighted by atomic mass is 16.6. The van der Waals surface area contributed by atoms with Crippen molar-refractivity contribution in [3.63, 3.8) is 0 Å². The highest BCUT2D eigenvalue weighted by Gasteiger charge is 2.41. The van der Waals surface area contributed by atoms with Crippen molar-refractivity contribution in [3.05, 3.63) is 35.4 Å². The smallest absolute Gasteiger partial charge is 0.408 e. The maximum absolute atomic E-state index is 14.6. The molecule has 1 rings (SSSR count). The second-order valence-corrected chi connectivity index (χ2v) is 12.1. The Hall–Kier alpha value is -3.54. The van der Waals surface area contributed by atoms with E-state index in [0.29, 0.717) is 29.9 Å². The van der Waals surface area contributed by atoms with E-state index in [2.05, 4.69) is 30.4 Å². The molecule has 0 aliphatic heterocycles. The minimum Gasteiger partial charge on any atom is -0.466 e. The molecule has 42 heavy (non-hydrogen) atoms. The van der Waals surface area contributed by atoms with Gasteiger partial charge in [0, 0.05) is 18.2 Å². The van der Waals surface area contributed by atoms with Crippen LogP contribution in [0.5, 0.6) is 0 Å². The number of nitrogens with zero attached hydrogens (tertiary/aromatic N) is 1. The molecular formula is C33H51N3O6. The molecule has 1 aromatic carbocycles. The second kappa shape index (κ2) is 17.4. The van der Waals surface area contributed by atoms with Crippen LogP contribution in [-0.4, -0.2) is 59.6 Å². The van der Waals surface area contributed by atoms with E-state index in [4.69, 9.17) is 15.9 Å². The zero-order valence-electron chi connectivity index (χ0n) is 26.9. The lowest BCUT2D eigenvalue weighted by Crippen LogP contribution is -2.57. The third kappa shape index (κ3) is 11.8. The highest BCUT2D eigenvalue weighted by molar-refractivity contribution is 5.93. The van der Waals surface area contributed by atoms with Crippen LogP contribution in [0.3, 0.4) is 0 Å². The Bertz CT molecular complexity index is 1090. The van der Waals surface area contributed by atoms with E-state index < -0.39 is 47.6 Å². The summed E-state index contributed by atoms with van der Waals surface area (Å²) in [5, 5.41) is 5.60. The lowest BCUT2D eigenvalue weighted by Gasteiger charge is -2.40. The SMILES string of the molecule is C#Cc1ccccc1C(C(=O)NCCC(=O)OCC)N(C(=O)C(NC(=O)OC(C)(C)C)C(C)CC)C(C)CCC(C)C. The van der Waals surface area contributed by atoms with Crippen LogP contribution in [0, 0.1) is 24.2 Å². The molecule has 2 N–H and O–H groups in total. The number of ether oxygens (including phenoxy) is 2. The summed E-state index contributed by atoms with van der Waals surface area (Å²) in [4.78, 5) is 54.9. The lowest BCUT2D eigenvalue weighted by atomic mass is 9.91. The molecule has 3 amide bonds. The quantitative estimate of drug-likeness (QED) is 0.211. The van der Waals surface area contributed by atoms with Crippen molar-refractivity contribution >= 4 is 23.9 Å². The van der Waals surface area contributed by atoms with Crippen molar-refractivity contribution in [1.29, 1.82) is 0 Å². The fourth-order valence-corrected chi connectivity index (χ4v) is 4.49. The summed E-state index contributed by atoms with van der Waals surface area (Å²) in [5.41, 5.74) is 0.195. The van der Waals surface area contributed by atoms with Gasteiger partial charge >= 0.3 is 12.1 Å². The van der Waals surface area contributed by atoms with Crippen molar-refractivity contribution < 1.29 is 28.7 Å². The summed E-state index contributed by atoms with van der Waals surface area (Å²) in [6.07, 6.45) is 7.14. The number of hydrogen-bond donors (Lipinski definition) is 2. The minimum absolute atomic E-state index is 0.0182. The van der Waals surface area contributed by atoms with Gasteiger partial charge in [-0.1, -0.05) is 58.2 Å². The maximum atomic E-state index is 14.6. The van der Waals surface area contributed by atoms with Crippen LogP contribution in [0.1, 0.15) is 105 Å². The molecule has 9 nitrogen and oxygen atoms in total. The first-order valence-corrected chi connectivity index (χ1v) is 15.0. The van der Waals surface area contributed by atoms with Crippen molar-refractivity contribution in [2.75, 3.05) is 13.2 Å². The van der Waals surface area contributed by atoms with Gasteiger partial charge in [-0.15, -0.1) is 6.42 Å². The van der Waals surface area contributed by atoms with Gasteiger partial charge in [-0.3, -0.25) is 14.4 Å². The first kappa shape index (κ1) is 36.5. The molecular weight excluding hydrogens is 534 g/mol. The largest absolute Gasteiger partial charge is 0.466 e. The highest BCUT2D eigenvalue weighted by Crippen LogP contribution is 2.30. The average molecular weight is 586 g/mol. The number of terminal acetylenes is 1. The number of rotatable bonds is 15. The van der Waals surface area contributed by atoms with Crippen LogP contribution in [0.25, 0.3) is 0 Å². The number of hydrogen-bond acceptors (Lipinski definition) is 6. The summed E-state index contributed by atoms with van der Waals surface area (Å²) in [5.74, 6) is 1.42. The first-order chi connectivity index (χ1) is 19.7. The van der Waals surface area contributed by atoms with Gasteiger partial charge in [0.05, 0.1) is 13.0 Å². The van der Waals surface area contributed by atoms with E-state index in [1.165, 1.54) is 0 Å². The third-order valence-electron chi connectivity index (χ3n) is 6.91. The van der Waals surface area contributed by atoms with E-state index in [1.54, 1.807) is 56.9 Å². The molecule has 0 aliphatic carbocycles. The molecule has 0 bridgehead atoms. The fourth-order valence-electron chi connectivity index (χ4n) is 4.49. The van der Waals surface area contributed by atoms with Crippen molar-refractivity contribution in [1.82, 2.24) is 15.5 Å². The van der Waals surface area contributed by atoms with Crippen LogP contribution < -0.4 is 10.6 Å². The van der Waals surface area contributed by atoms with Gasteiger partial charge in [0.15, 0.2) is 0 Å². The van der Waals surface area contributed by atoms with Gasteiger partial charge in [-0.25, -0.2) is 4.79 Å². The van der Waals surface area contributed by atoms with Crippen LogP contribution in [0.2, 0.25) is 0 Å². The predicted octanol–water partition coefficient (Wildman–Crippen LogP) is 5.37. The fraction of sp³-hybridized carbons (Fsp3) is 0.636. The minimum atomic E-state index is -1.11. The van der Waals surface area contributed by atoms with E-state index in [9.17, 15) is 19.2 Å². The summed E-state index contributed by atoms with van der Waals surface area (Å²) in [6, 6.07) is 4.54. The molecule has 9 heteroatoms. The molecule has 1 aromatic rings. The van der Waals surface area contributed by atoms with Gasteiger partial charge in [-0.2, -0.15) is 0 Å². The molecule has 0 saturated heterocycles. The van der Waals surface area contributed by atoms with Gasteiger partial charge in [-0.05, 0) is 70.9 Å². The molecule has 0 saturated carbocycles. The lowest BCUT2D eigenvalue weighted by molar-refractivity contribution is -0.147. The van der Waals surface area contributed by atoms with E-state index in [0.717, 1.165) is 6.42 Å². The number of alkyl carbamates (subject to hydrolysis) is 1. The maximum Gasteiger partial charge on any atom is 0.408 e. The zero-order valence-corrected chi connectivity index (χ0v) is 26.9. The van der Waals surface area contributed by atoms with E-state index in [-0.39, 0.29) is 25.5 Å². The summed E-state index contributed by atoms with van der Waals surface area (Å²) in [7, 11) is 0. The predicted molar refractivity (Wildman–Crippen MR) is 164 cm³/mol. The van der Waals surface area contributed by atoms with Gasteiger partial charge in [0.2, 0.25) is 11.8 Å². The summed E-state index contributed by atoms with van der Waals surface area (Å²) >= 11 is 0. The van der Waals surface area contributed by atoms with Crippen LogP contribution in [0.15, 0.2) is 24.3 Å². The van der Waals surface area contributed by atoms with E-state index in [1.807, 2.05) is 20.8 Å². The molecule has 0 aromatic heterocycles. The summed E-state index contributed by atoms with van der Waals surface area (Å²) in [6.45, 7) is 17.1. The average Bonchev–Trinajstić information content (AvgIpc) is 2.91. The Morgan fingerprint density at radius 2 is 1.67 bits per heavy atom. The second-order valence-electron chi connectivity index (χ2n) is 12.1. The van der Waals surface area contributed by atoms with Crippen LogP contribution in [-0.2, 0) is 23.9 Å². The summed E-state index contributed by atoms with van der Waals surface area (Å²) < 4.78 is 10.5. The van der Waals surface area contributed by atoms with Gasteiger partial charge in [0.1, 0.15) is 17.7 Å². The normalized spacial score (nSPS) is 14.1. The van der Waals surface area contributed by atoms with E-state index >= 15 is 0 Å². The first-order valence-electron chi connectivity index (χ1n) is 15.0. The number of benzene rings is 1. The molecule has 4 atom stereocenters. The van der Waals surface area contributed by atoms with Crippen molar-refractivity contribution in [2.45, 2.75) is 112 Å². The number of nitrogens with one attached hydrogen (secondary N) is 2. The topological polar surface area (TPSA) is 114 Å². The molecule has 234 valence electrons. The molecule has 0 aliphatic rings. The molecule has 0 heterocycles. The number of amides is 3. The number of esters is 1. The molecule has 0 radical (unpaired) electrons. The zero-order chi connectivity index (χ0) is 32.0. The van der Waals surface area contributed by atoms with Crippen LogP contribution in [0.4, 0.5) is 4.79 Å². The monoisotopic (exact) mass is 585 g/mol. The Labute approximate surface area is 252 Å². The molecule has 0 spiro atoms. The van der Waals surface area contributed by atoms with Gasteiger partial charge < -0.3 is 25.0 Å². The third-order valence-corrected chi connectivity index (χ3v) is 6.91. The van der Waals surface area contributed by atoms with Crippen LogP contribution >= 0.6 is 0 Å². The Morgan fingerprint density at radius 1 is 1.02 bits per heavy atom.